The Labute approximate surface area is 222 Å². The molecule has 0 aromatic rings. The summed E-state index contributed by atoms with van der Waals surface area (Å²) >= 11 is 0. The second kappa shape index (κ2) is 25.4. The maximum absolute atomic E-state index is 12.4. The molecule has 0 aliphatic rings. The van der Waals surface area contributed by atoms with E-state index in [0.717, 1.165) is 39.3 Å². The van der Waals surface area contributed by atoms with E-state index in [0.29, 0.717) is 45.6 Å². The van der Waals surface area contributed by atoms with Crippen LogP contribution in [-0.4, -0.2) is 110 Å². The van der Waals surface area contributed by atoms with E-state index in [2.05, 4.69) is 48.1 Å². The van der Waals surface area contributed by atoms with E-state index in [9.17, 15) is 14.7 Å². The molecule has 8 nitrogen and oxygen atoms in total. The van der Waals surface area contributed by atoms with Crippen LogP contribution in [0.15, 0.2) is 0 Å². The topological polar surface area (TPSA) is 88.1 Å². The van der Waals surface area contributed by atoms with Gasteiger partial charge in [0.15, 0.2) is 0 Å². The predicted octanol–water partition coefficient (Wildman–Crippen LogP) is 3.10. The quantitative estimate of drug-likeness (QED) is 0.165. The Balaban J connectivity index is 4.23. The summed E-state index contributed by atoms with van der Waals surface area (Å²) < 4.78 is 0. The number of aliphatic hydroxyl groups excluding tert-OH is 1. The molecule has 0 fully saturated rings. The van der Waals surface area contributed by atoms with Gasteiger partial charge in [-0.3, -0.25) is 9.59 Å². The summed E-state index contributed by atoms with van der Waals surface area (Å²) in [5.74, 6) is 0.0696. The van der Waals surface area contributed by atoms with Gasteiger partial charge < -0.3 is 30.4 Å². The summed E-state index contributed by atoms with van der Waals surface area (Å²) in [6.07, 6.45) is 10.3. The van der Waals surface area contributed by atoms with Gasteiger partial charge in [-0.2, -0.15) is 0 Å². The first-order valence-corrected chi connectivity index (χ1v) is 14.8. The molecule has 8 heteroatoms. The third-order valence-corrected chi connectivity index (χ3v) is 6.54. The van der Waals surface area contributed by atoms with Crippen molar-refractivity contribution in [3.63, 3.8) is 0 Å². The number of unbranched alkanes of at least 4 members (excludes halogenated alkanes) is 4. The molecule has 0 aliphatic carbocycles. The molecular weight excluding hydrogens is 454 g/mol. The summed E-state index contributed by atoms with van der Waals surface area (Å²) in [4.78, 5) is 31.6. The van der Waals surface area contributed by atoms with Gasteiger partial charge in [0.25, 0.3) is 0 Å². The van der Waals surface area contributed by atoms with Crippen LogP contribution in [0.1, 0.15) is 91.9 Å². The highest BCUT2D eigenvalue weighted by Gasteiger charge is 2.12. The monoisotopic (exact) mass is 513 g/mol. The Morgan fingerprint density at radius 2 is 0.861 bits per heavy atom. The third-order valence-electron chi connectivity index (χ3n) is 6.54. The zero-order valence-electron chi connectivity index (χ0n) is 24.2. The maximum Gasteiger partial charge on any atom is 0.221 e. The van der Waals surface area contributed by atoms with Crippen molar-refractivity contribution in [3.8, 4) is 0 Å². The van der Waals surface area contributed by atoms with Gasteiger partial charge in [0.1, 0.15) is 0 Å². The van der Waals surface area contributed by atoms with Crippen LogP contribution in [-0.2, 0) is 9.59 Å². The molecule has 214 valence electrons. The largest absolute Gasteiger partial charge is 0.395 e. The molecule has 0 bridgehead atoms. The lowest BCUT2D eigenvalue weighted by Crippen LogP contribution is -2.39. The Morgan fingerprint density at radius 3 is 1.17 bits per heavy atom. The summed E-state index contributed by atoms with van der Waals surface area (Å²) in [6, 6.07) is 0. The van der Waals surface area contributed by atoms with Crippen LogP contribution < -0.4 is 10.6 Å². The van der Waals surface area contributed by atoms with Crippen molar-refractivity contribution < 1.29 is 14.7 Å². The molecule has 0 heterocycles. The fourth-order valence-electron chi connectivity index (χ4n) is 4.08. The van der Waals surface area contributed by atoms with Crippen molar-refractivity contribution in [2.75, 3.05) is 78.6 Å². The van der Waals surface area contributed by atoms with Gasteiger partial charge in [0, 0.05) is 58.7 Å². The molecule has 36 heavy (non-hydrogen) atoms. The third kappa shape index (κ3) is 20.9. The number of nitrogens with one attached hydrogen (secondary N) is 2. The van der Waals surface area contributed by atoms with E-state index in [4.69, 9.17) is 0 Å². The number of carbonyl (C=O) groups is 2. The van der Waals surface area contributed by atoms with Crippen LogP contribution >= 0.6 is 0 Å². The number of amides is 2. The van der Waals surface area contributed by atoms with E-state index in [1.165, 1.54) is 51.4 Å². The highest BCUT2D eigenvalue weighted by molar-refractivity contribution is 5.76. The second-order valence-electron chi connectivity index (χ2n) is 9.86. The van der Waals surface area contributed by atoms with E-state index in [-0.39, 0.29) is 18.4 Å². The minimum atomic E-state index is 0.0247. The fraction of sp³-hybridized carbons (Fsp3) is 0.929. The minimum absolute atomic E-state index is 0.0247. The fourth-order valence-corrected chi connectivity index (χ4v) is 4.08. The van der Waals surface area contributed by atoms with Crippen LogP contribution in [0.2, 0.25) is 0 Å². The summed E-state index contributed by atoms with van der Waals surface area (Å²) in [7, 11) is 0. The number of nitrogens with zero attached hydrogens (tertiary/aromatic N) is 3. The molecule has 2 amide bonds. The number of hydrogen-bond acceptors (Lipinski definition) is 6. The van der Waals surface area contributed by atoms with Gasteiger partial charge in [-0.05, 0) is 51.9 Å². The Bertz CT molecular complexity index is 463. The standard InChI is InChI=1S/C28H59N5O3/c1-5-9-17-31(18-10-6-2)23-15-29-27(35)13-21-33(25-26-34)22-14-28(36)30-16-24-32(19-11-7-3)20-12-8-4/h34H,5-26H2,1-4H3,(H,29,35)(H,30,36). The Kier molecular flexibility index (Phi) is 24.6. The SMILES string of the molecule is CCCCN(CCCC)CCNC(=O)CCN(CCO)CCC(=O)NCCN(CCCC)CCCC. The molecule has 0 aromatic carbocycles. The van der Waals surface area contributed by atoms with Crippen molar-refractivity contribution in [1.29, 1.82) is 0 Å². The van der Waals surface area contributed by atoms with Gasteiger partial charge in [-0.15, -0.1) is 0 Å². The highest BCUT2D eigenvalue weighted by atomic mass is 16.3. The molecule has 0 aromatic heterocycles. The van der Waals surface area contributed by atoms with E-state index >= 15 is 0 Å². The smallest absolute Gasteiger partial charge is 0.221 e. The first kappa shape index (κ1) is 34.8. The first-order valence-electron chi connectivity index (χ1n) is 14.8. The summed E-state index contributed by atoms with van der Waals surface area (Å²) in [5.41, 5.74) is 0. The number of carbonyl (C=O) groups excluding carboxylic acids is 2. The van der Waals surface area contributed by atoms with Crippen molar-refractivity contribution >= 4 is 11.8 Å². The number of rotatable bonds is 26. The lowest BCUT2D eigenvalue weighted by molar-refractivity contribution is -0.121. The zero-order valence-corrected chi connectivity index (χ0v) is 24.2. The summed E-state index contributed by atoms with van der Waals surface area (Å²) in [6.45, 7) is 17.9. The minimum Gasteiger partial charge on any atom is -0.395 e. The molecule has 0 rings (SSSR count). The van der Waals surface area contributed by atoms with Crippen LogP contribution in [0.5, 0.6) is 0 Å². The average Bonchev–Trinajstić information content (AvgIpc) is 2.88. The van der Waals surface area contributed by atoms with Crippen molar-refractivity contribution in [1.82, 2.24) is 25.3 Å². The van der Waals surface area contributed by atoms with Gasteiger partial charge in [-0.25, -0.2) is 0 Å². The Morgan fingerprint density at radius 1 is 0.528 bits per heavy atom. The van der Waals surface area contributed by atoms with Crippen LogP contribution in [0.25, 0.3) is 0 Å². The Hall–Kier alpha value is -1.22. The molecular formula is C28H59N5O3. The normalized spacial score (nSPS) is 11.6. The number of hydrogen-bond donors (Lipinski definition) is 3. The summed E-state index contributed by atoms with van der Waals surface area (Å²) in [5, 5.41) is 15.5. The molecule has 0 saturated heterocycles. The van der Waals surface area contributed by atoms with Crippen molar-refractivity contribution in [2.45, 2.75) is 91.9 Å². The molecule has 3 N–H and O–H groups in total. The molecule has 0 saturated carbocycles. The number of aliphatic hydroxyl groups is 1. The van der Waals surface area contributed by atoms with Crippen LogP contribution in [0.4, 0.5) is 0 Å². The molecule has 0 atom stereocenters. The van der Waals surface area contributed by atoms with E-state index in [1.54, 1.807) is 0 Å². The van der Waals surface area contributed by atoms with Gasteiger partial charge in [-0.1, -0.05) is 53.4 Å². The zero-order chi connectivity index (χ0) is 26.9. The van der Waals surface area contributed by atoms with Crippen LogP contribution in [0.3, 0.4) is 0 Å². The van der Waals surface area contributed by atoms with Gasteiger partial charge in [0.05, 0.1) is 6.61 Å². The van der Waals surface area contributed by atoms with Gasteiger partial charge >= 0.3 is 0 Å². The lowest BCUT2D eigenvalue weighted by atomic mass is 10.2. The second-order valence-corrected chi connectivity index (χ2v) is 9.86. The van der Waals surface area contributed by atoms with Crippen molar-refractivity contribution in [2.24, 2.45) is 0 Å². The first-order chi connectivity index (χ1) is 17.5. The van der Waals surface area contributed by atoms with Crippen molar-refractivity contribution in [3.05, 3.63) is 0 Å². The average molecular weight is 514 g/mol. The molecule has 0 spiro atoms. The van der Waals surface area contributed by atoms with Gasteiger partial charge in [0.2, 0.25) is 11.8 Å². The maximum atomic E-state index is 12.4. The molecule has 0 radical (unpaired) electrons. The van der Waals surface area contributed by atoms with E-state index < -0.39 is 0 Å². The lowest BCUT2D eigenvalue weighted by Gasteiger charge is -2.23. The predicted molar refractivity (Wildman–Crippen MR) is 151 cm³/mol. The van der Waals surface area contributed by atoms with Crippen LogP contribution in [0, 0.1) is 0 Å². The molecule has 0 aliphatic heterocycles. The van der Waals surface area contributed by atoms with E-state index in [1.807, 2.05) is 4.90 Å². The molecule has 0 unspecified atom stereocenters. The highest BCUT2D eigenvalue weighted by Crippen LogP contribution is 2.00.